The molecule has 6 nitrogen and oxygen atoms in total. The molecule has 0 aromatic heterocycles. The van der Waals surface area contributed by atoms with Crippen molar-refractivity contribution >= 4 is 11.4 Å². The minimum absolute atomic E-state index is 0.0249. The molecule has 0 unspecified atom stereocenters. The lowest BCUT2D eigenvalue weighted by Crippen LogP contribution is -2.53. The van der Waals surface area contributed by atoms with E-state index in [0.717, 1.165) is 49.7 Å². The van der Waals surface area contributed by atoms with Gasteiger partial charge in [0.2, 0.25) is 0 Å². The first-order valence-corrected chi connectivity index (χ1v) is 14.3. The molecule has 2 heterocycles. The summed E-state index contributed by atoms with van der Waals surface area (Å²) in [5.74, 6) is 0.753. The summed E-state index contributed by atoms with van der Waals surface area (Å²) in [4.78, 5) is 10.8. The van der Waals surface area contributed by atoms with Gasteiger partial charge in [-0.1, -0.05) is 63.3 Å². The van der Waals surface area contributed by atoms with Gasteiger partial charge < -0.3 is 19.9 Å². The zero-order chi connectivity index (χ0) is 27.7. The highest BCUT2D eigenvalue weighted by atomic mass is 16.6. The molecule has 2 aliphatic heterocycles. The molecule has 0 radical (unpaired) electrons. The predicted octanol–water partition coefficient (Wildman–Crippen LogP) is 6.12. The van der Waals surface area contributed by atoms with Gasteiger partial charge in [0.15, 0.2) is 0 Å². The minimum atomic E-state index is -0.358. The number of fused-ring (bicyclic) bond motifs is 6. The number of oxime groups is 2. The van der Waals surface area contributed by atoms with E-state index in [1.807, 2.05) is 26.0 Å². The molecule has 0 bridgehead atoms. The normalized spacial score (nSPS) is 45.2. The summed E-state index contributed by atoms with van der Waals surface area (Å²) in [6.45, 7) is 22.5. The summed E-state index contributed by atoms with van der Waals surface area (Å²) in [6.07, 6.45) is 8.91. The fourth-order valence-electron chi connectivity index (χ4n) is 9.17. The van der Waals surface area contributed by atoms with Crippen LogP contribution in [0.3, 0.4) is 0 Å². The molecule has 4 aliphatic carbocycles. The summed E-state index contributed by atoms with van der Waals surface area (Å²) in [7, 11) is 0. The van der Waals surface area contributed by atoms with Gasteiger partial charge in [-0.2, -0.15) is 0 Å². The number of aliphatic hydroxyl groups is 2. The second-order valence-electron chi connectivity index (χ2n) is 13.5. The van der Waals surface area contributed by atoms with Crippen molar-refractivity contribution in [3.05, 3.63) is 47.6 Å². The van der Waals surface area contributed by atoms with Crippen molar-refractivity contribution in [2.75, 3.05) is 13.2 Å². The number of hydrogen-bond donors (Lipinski definition) is 2. The highest BCUT2D eigenvalue weighted by Gasteiger charge is 2.59. The van der Waals surface area contributed by atoms with E-state index in [9.17, 15) is 10.2 Å². The Kier molecular flexibility index (Phi) is 6.63. The summed E-state index contributed by atoms with van der Waals surface area (Å²) < 4.78 is 0. The van der Waals surface area contributed by atoms with Gasteiger partial charge >= 0.3 is 0 Å². The van der Waals surface area contributed by atoms with Crippen molar-refractivity contribution in [2.24, 2.45) is 43.8 Å². The molecule has 2 saturated carbocycles. The van der Waals surface area contributed by atoms with E-state index in [1.165, 1.54) is 22.6 Å². The Morgan fingerprint density at radius 1 is 0.711 bits per heavy atom. The molecule has 208 valence electrons. The van der Waals surface area contributed by atoms with Crippen LogP contribution in [0.25, 0.3) is 0 Å². The number of allylic oxidation sites excluding steroid dienone is 4. The third-order valence-electron chi connectivity index (χ3n) is 11.6. The average molecular weight is 523 g/mol. The SMILES string of the molecule is C=CC1=C(C)[C@H](O)C[C@@H]2[C@@]3(C)CON=C3CC[C@@]12C.C=CC1=C(C)[C@H](O)C[C@@H]2[C@@]3(C)CON=C3CC[C@@]12C. The van der Waals surface area contributed by atoms with Crippen molar-refractivity contribution in [1.29, 1.82) is 0 Å². The Hall–Kier alpha value is -2.18. The molecular formula is C32H46N2O4. The van der Waals surface area contributed by atoms with Crippen LogP contribution >= 0.6 is 0 Å². The van der Waals surface area contributed by atoms with Gasteiger partial charge in [-0.25, -0.2) is 0 Å². The molecule has 2 fully saturated rings. The molecule has 6 rings (SSSR count). The minimum Gasteiger partial charge on any atom is -0.395 e. The second-order valence-corrected chi connectivity index (χ2v) is 13.5. The van der Waals surface area contributed by atoms with Crippen LogP contribution in [0.5, 0.6) is 0 Å². The fraction of sp³-hybridized carbons (Fsp3) is 0.688. The van der Waals surface area contributed by atoms with Crippen LogP contribution in [0.1, 0.15) is 80.1 Å². The molecule has 0 saturated heterocycles. The van der Waals surface area contributed by atoms with Crippen molar-refractivity contribution in [1.82, 2.24) is 0 Å². The Morgan fingerprint density at radius 2 is 1.08 bits per heavy atom. The highest BCUT2D eigenvalue weighted by Crippen LogP contribution is 2.61. The molecule has 0 spiro atoms. The Labute approximate surface area is 228 Å². The van der Waals surface area contributed by atoms with E-state index in [4.69, 9.17) is 9.68 Å². The first-order chi connectivity index (χ1) is 17.9. The standard InChI is InChI=1S/2C16H23NO2/c2*1-5-11-10(2)12(18)8-13-15(11,3)7-6-14-16(13,4)9-19-17-14/h2*5,12-13,18H,1,6-9H2,2-4H3/t2*12-,13+,15+,16-/m11/s1. The summed E-state index contributed by atoms with van der Waals surface area (Å²) in [6, 6.07) is 0. The third-order valence-corrected chi connectivity index (χ3v) is 11.6. The predicted molar refractivity (Wildman–Crippen MR) is 152 cm³/mol. The summed E-state index contributed by atoms with van der Waals surface area (Å²) in [5, 5.41) is 29.2. The van der Waals surface area contributed by atoms with Crippen LogP contribution in [0.2, 0.25) is 0 Å². The zero-order valence-electron chi connectivity index (χ0n) is 24.1. The number of rotatable bonds is 2. The molecule has 8 atom stereocenters. The number of aliphatic hydroxyl groups excluding tert-OH is 2. The van der Waals surface area contributed by atoms with E-state index >= 15 is 0 Å². The van der Waals surface area contributed by atoms with E-state index in [-0.39, 0.29) is 33.9 Å². The molecule has 6 aliphatic rings. The van der Waals surface area contributed by atoms with Crippen LogP contribution < -0.4 is 0 Å². The molecule has 6 heteroatoms. The average Bonchev–Trinajstić information content (AvgIpc) is 3.45. The largest absolute Gasteiger partial charge is 0.395 e. The third kappa shape index (κ3) is 3.66. The molecule has 0 aromatic rings. The van der Waals surface area contributed by atoms with Gasteiger partial charge in [-0.05, 0) is 97.3 Å². The van der Waals surface area contributed by atoms with Gasteiger partial charge in [0.1, 0.15) is 13.2 Å². The van der Waals surface area contributed by atoms with Gasteiger partial charge in [-0.3, -0.25) is 0 Å². The topological polar surface area (TPSA) is 83.6 Å². The number of nitrogens with zero attached hydrogens (tertiary/aromatic N) is 2. The van der Waals surface area contributed by atoms with Crippen LogP contribution in [0.15, 0.2) is 57.9 Å². The van der Waals surface area contributed by atoms with Gasteiger partial charge in [0, 0.05) is 10.8 Å². The quantitative estimate of drug-likeness (QED) is 0.457. The van der Waals surface area contributed by atoms with Crippen LogP contribution in [-0.2, 0) is 9.68 Å². The van der Waals surface area contributed by atoms with Gasteiger partial charge in [0.25, 0.3) is 0 Å². The maximum Gasteiger partial charge on any atom is 0.128 e. The van der Waals surface area contributed by atoms with E-state index in [2.05, 4.69) is 51.2 Å². The van der Waals surface area contributed by atoms with E-state index in [1.54, 1.807) is 0 Å². The van der Waals surface area contributed by atoms with Crippen molar-refractivity contribution in [3.63, 3.8) is 0 Å². The van der Waals surface area contributed by atoms with Crippen LogP contribution in [0, 0.1) is 33.5 Å². The van der Waals surface area contributed by atoms with E-state index < -0.39 is 0 Å². The molecular weight excluding hydrogens is 476 g/mol. The molecule has 0 aromatic carbocycles. The van der Waals surface area contributed by atoms with Crippen LogP contribution in [-0.4, -0.2) is 47.1 Å². The molecule has 38 heavy (non-hydrogen) atoms. The van der Waals surface area contributed by atoms with Crippen molar-refractivity contribution < 1.29 is 19.9 Å². The maximum absolute atomic E-state index is 10.4. The first-order valence-electron chi connectivity index (χ1n) is 14.3. The van der Waals surface area contributed by atoms with Crippen LogP contribution in [0.4, 0.5) is 0 Å². The monoisotopic (exact) mass is 522 g/mol. The highest BCUT2D eigenvalue weighted by molar-refractivity contribution is 5.93. The fourth-order valence-corrected chi connectivity index (χ4v) is 9.17. The molecule has 0 amide bonds. The lowest BCUT2D eigenvalue weighted by atomic mass is 9.49. The zero-order valence-corrected chi connectivity index (χ0v) is 24.1. The van der Waals surface area contributed by atoms with Crippen molar-refractivity contribution in [2.45, 2.75) is 92.3 Å². The summed E-state index contributed by atoms with van der Waals surface area (Å²) in [5.41, 5.74) is 7.17. The summed E-state index contributed by atoms with van der Waals surface area (Å²) >= 11 is 0. The smallest absolute Gasteiger partial charge is 0.128 e. The molecule has 2 N–H and O–H groups in total. The Morgan fingerprint density at radius 3 is 1.42 bits per heavy atom. The van der Waals surface area contributed by atoms with Gasteiger partial charge in [0.05, 0.1) is 23.6 Å². The lowest BCUT2D eigenvalue weighted by Gasteiger charge is -2.54. The Bertz CT molecular complexity index is 1080. The first kappa shape index (κ1) is 27.4. The second kappa shape index (κ2) is 9.19. The number of hydrogen-bond acceptors (Lipinski definition) is 6. The van der Waals surface area contributed by atoms with Crippen molar-refractivity contribution in [3.8, 4) is 0 Å². The lowest BCUT2D eigenvalue weighted by molar-refractivity contribution is 0.00369. The van der Waals surface area contributed by atoms with E-state index in [0.29, 0.717) is 25.0 Å². The Balaban J connectivity index is 0.000000155. The van der Waals surface area contributed by atoms with Gasteiger partial charge in [-0.15, -0.1) is 0 Å². The maximum atomic E-state index is 10.4.